The van der Waals surface area contributed by atoms with Crippen molar-refractivity contribution >= 4 is 112 Å². The minimum absolute atomic E-state index is 0.109. The summed E-state index contributed by atoms with van der Waals surface area (Å²) in [5.74, 6) is 2.29. The van der Waals surface area contributed by atoms with Gasteiger partial charge in [-0.25, -0.2) is 39.5 Å². The molecular weight excluding hydrogens is 1520 g/mol. The summed E-state index contributed by atoms with van der Waals surface area (Å²) in [4.78, 5) is 52.9. The zero-order valence-corrected chi connectivity index (χ0v) is 66.5. The van der Waals surface area contributed by atoms with Crippen LogP contribution >= 0.6 is 57.4 Å². The lowest BCUT2D eigenvalue weighted by Gasteiger charge is -2.30. The van der Waals surface area contributed by atoms with Gasteiger partial charge in [-0.3, -0.25) is 23.4 Å². The molecule has 3 aliphatic carbocycles. The van der Waals surface area contributed by atoms with Crippen LogP contribution in [0.4, 0.5) is 27.0 Å². The molecule has 8 aromatic heterocycles. The van der Waals surface area contributed by atoms with Gasteiger partial charge in [-0.05, 0) is 184 Å². The molecule has 105 heavy (non-hydrogen) atoms. The van der Waals surface area contributed by atoms with Crippen LogP contribution in [-0.4, -0.2) is 145 Å². The summed E-state index contributed by atoms with van der Waals surface area (Å²) in [5, 5.41) is 32.7. The summed E-state index contributed by atoms with van der Waals surface area (Å²) in [6.07, 6.45) is 29.5. The maximum atomic E-state index is 12.1. The van der Waals surface area contributed by atoms with Gasteiger partial charge in [0.2, 0.25) is 0 Å². The number of rotatable bonds is 16. The summed E-state index contributed by atoms with van der Waals surface area (Å²) < 4.78 is 22.9. The van der Waals surface area contributed by atoms with Crippen molar-refractivity contribution < 1.29 is 23.8 Å². The molecule has 556 valence electrons. The number of nitrogens with one attached hydrogen (secondary N) is 7. The SMILES string of the molecule is CC(C)(C)OC(=O)NC1CCC(Nc2ncc(-c3cn[nH]c3)n3cc(-c4ccc(Cl)cc4)nc23)CC1.CC(C)(C)OC(=O)NC1CCC(Nc2ncc(I)n3cc(-c4ccc(Cl)cc4)nc23)CC1.COCC[Si](C)(C)C.NC1CCC(Nc2ncc(-c3cn[nH]c3)n3cc(-c4ccc(Cl)cc4)nc23)CC1. The molecule has 24 nitrogen and oxygen atoms in total. The number of halogens is 4. The van der Waals surface area contributed by atoms with E-state index in [2.05, 4.69) is 103 Å². The molecule has 3 aliphatic rings. The summed E-state index contributed by atoms with van der Waals surface area (Å²) in [7, 11) is 0.961. The Morgan fingerprint density at radius 2 is 0.838 bits per heavy atom. The van der Waals surface area contributed by atoms with E-state index in [1.165, 1.54) is 6.04 Å². The van der Waals surface area contributed by atoms with E-state index in [1.54, 1.807) is 19.5 Å². The molecule has 0 saturated heterocycles. The fraction of sp³-hybridized carbons (Fsp3) is 0.421. The fourth-order valence-corrected chi connectivity index (χ4v) is 14.4. The first-order chi connectivity index (χ1) is 50.2. The van der Waals surface area contributed by atoms with E-state index in [0.29, 0.717) is 27.2 Å². The van der Waals surface area contributed by atoms with Gasteiger partial charge >= 0.3 is 12.2 Å². The predicted molar refractivity (Wildman–Crippen MR) is 430 cm³/mol. The van der Waals surface area contributed by atoms with Crippen LogP contribution in [0.25, 0.3) is 73.2 Å². The number of benzene rings is 3. The van der Waals surface area contributed by atoms with Crippen LogP contribution in [0, 0.1) is 3.70 Å². The van der Waals surface area contributed by atoms with E-state index >= 15 is 0 Å². The standard InChI is InChI=1S/C26H30ClN7O2.C23H27ClIN5O2.C21H22ClN7.C6H16OSi/c1-26(2,3)36-25(35)32-20-10-8-19(9-11-20)31-23-24-33-21(16-4-6-18(27)7-5-16)15-34(24)22(14-28-23)17-12-29-30-13-17;1-23(2,3)32-22(31)28-17-10-8-16(9-11-17)27-20-21-29-18(13-30(21)19(25)12-26-20)14-4-6-15(24)7-5-14;22-15-3-1-13(2-4-15)18-12-29-19(14-9-25-26-10-14)11-24-20(21(29)28-18)27-17-7-5-16(23)6-8-17;1-7-5-6-8(2,3)4/h4-7,12-15,19-20H,8-11H2,1-3H3,(H,28,31)(H,29,30)(H,32,35);4-7,12-13,16-17H,8-11H2,1-3H3,(H,26,27)(H,28,31);1-4,9-12,16-17H,5-8,23H2,(H,24,27)(H,25,26);5-6H2,1-4H3. The Hall–Kier alpha value is -8.38. The van der Waals surface area contributed by atoms with Crippen LogP contribution in [0.3, 0.4) is 0 Å². The molecule has 8 heterocycles. The van der Waals surface area contributed by atoms with Gasteiger partial charge in [0.05, 0.1) is 59.5 Å². The van der Waals surface area contributed by atoms with Crippen LogP contribution in [-0.2, 0) is 14.2 Å². The van der Waals surface area contributed by atoms with E-state index < -0.39 is 19.3 Å². The number of anilines is 3. The van der Waals surface area contributed by atoms with E-state index in [1.807, 2.05) is 168 Å². The zero-order valence-electron chi connectivity index (χ0n) is 61.1. The van der Waals surface area contributed by atoms with Gasteiger partial charge in [-0.1, -0.05) is 90.8 Å². The van der Waals surface area contributed by atoms with Crippen LogP contribution in [0.15, 0.2) is 135 Å². The number of aromatic nitrogens is 13. The Morgan fingerprint density at radius 1 is 0.505 bits per heavy atom. The minimum atomic E-state index is -0.803. The number of ether oxygens (including phenoxy) is 3. The second-order valence-electron chi connectivity index (χ2n) is 30.1. The van der Waals surface area contributed by atoms with Gasteiger partial charge in [-0.2, -0.15) is 10.2 Å². The smallest absolute Gasteiger partial charge is 0.407 e. The van der Waals surface area contributed by atoms with Gasteiger partial charge in [0.15, 0.2) is 34.4 Å². The maximum Gasteiger partial charge on any atom is 0.407 e. The number of carbonyl (C=O) groups is 2. The third-order valence-electron chi connectivity index (χ3n) is 18.2. The maximum absolute atomic E-state index is 12.1. The van der Waals surface area contributed by atoms with Crippen molar-refractivity contribution in [2.75, 3.05) is 29.7 Å². The second-order valence-corrected chi connectivity index (χ2v) is 38.1. The number of H-pyrrole nitrogens is 2. The summed E-state index contributed by atoms with van der Waals surface area (Å²) in [6, 6.07) is 25.7. The van der Waals surface area contributed by atoms with E-state index in [-0.39, 0.29) is 36.4 Å². The van der Waals surface area contributed by atoms with Crippen LogP contribution in [0.2, 0.25) is 40.8 Å². The highest BCUT2D eigenvalue weighted by molar-refractivity contribution is 14.1. The molecule has 9 N–H and O–H groups in total. The van der Waals surface area contributed by atoms with Crippen molar-refractivity contribution in [3.05, 3.63) is 154 Å². The average molecular weight is 1620 g/mol. The third-order valence-corrected chi connectivity index (χ3v) is 21.4. The average Bonchev–Trinajstić information content (AvgIpc) is 1.57. The lowest BCUT2D eigenvalue weighted by atomic mass is 9.91. The summed E-state index contributed by atoms with van der Waals surface area (Å²) in [5.41, 5.74) is 16.7. The normalized spacial score (nSPS) is 18.4. The van der Waals surface area contributed by atoms with Crippen molar-refractivity contribution in [3.63, 3.8) is 0 Å². The topological polar surface area (TPSA) is 296 Å². The molecule has 0 spiro atoms. The van der Waals surface area contributed by atoms with E-state index in [9.17, 15) is 9.59 Å². The van der Waals surface area contributed by atoms with Crippen molar-refractivity contribution in [2.24, 2.45) is 5.73 Å². The summed E-state index contributed by atoms with van der Waals surface area (Å²) >= 11 is 20.4. The molecule has 0 atom stereocenters. The number of aromatic amines is 2. The Labute approximate surface area is 642 Å². The molecule has 0 bridgehead atoms. The molecule has 14 rings (SSSR count). The molecule has 2 amide bonds. The number of fused-ring (bicyclic) bond motifs is 3. The largest absolute Gasteiger partial charge is 0.444 e. The number of amides is 2. The second kappa shape index (κ2) is 34.9. The quantitative estimate of drug-likeness (QED) is 0.0329. The zero-order chi connectivity index (χ0) is 74.6. The number of hydrogen-bond donors (Lipinski definition) is 8. The Bertz CT molecular complexity index is 4630. The molecule has 0 aliphatic heterocycles. The van der Waals surface area contributed by atoms with Crippen molar-refractivity contribution in [2.45, 2.75) is 192 Å². The van der Waals surface area contributed by atoms with Crippen molar-refractivity contribution in [3.8, 4) is 56.3 Å². The number of alkyl carbamates (subject to hydrolysis) is 2. The minimum Gasteiger partial charge on any atom is -0.444 e. The number of methoxy groups -OCH3 is 1. The van der Waals surface area contributed by atoms with Crippen molar-refractivity contribution in [1.82, 2.24) is 74.1 Å². The summed E-state index contributed by atoms with van der Waals surface area (Å²) in [6.45, 7) is 19.2. The van der Waals surface area contributed by atoms with Gasteiger partial charge in [0, 0.05) is 132 Å². The molecule has 3 fully saturated rings. The van der Waals surface area contributed by atoms with Gasteiger partial charge in [0.25, 0.3) is 0 Å². The molecule has 11 aromatic rings. The molecule has 3 saturated carbocycles. The monoisotopic (exact) mass is 1610 g/mol. The van der Waals surface area contributed by atoms with E-state index in [0.717, 1.165) is 178 Å². The van der Waals surface area contributed by atoms with Crippen LogP contribution in [0.1, 0.15) is 119 Å². The Morgan fingerprint density at radius 3 is 1.16 bits per heavy atom. The first kappa shape index (κ1) is 77.7. The van der Waals surface area contributed by atoms with Crippen molar-refractivity contribution in [1.29, 1.82) is 0 Å². The number of carbonyl (C=O) groups excluding carboxylic acids is 2. The molecule has 0 radical (unpaired) electrons. The Balaban J connectivity index is 0.000000150. The first-order valence-electron chi connectivity index (χ1n) is 35.8. The molecule has 0 unspecified atom stereocenters. The van der Waals surface area contributed by atoms with E-state index in [4.69, 9.17) is 79.7 Å². The van der Waals surface area contributed by atoms with Crippen LogP contribution < -0.4 is 32.3 Å². The molecule has 3 aromatic carbocycles. The Kier molecular flexibility index (Phi) is 25.8. The highest BCUT2D eigenvalue weighted by Crippen LogP contribution is 2.34. The van der Waals surface area contributed by atoms with Gasteiger partial charge in [0.1, 0.15) is 14.9 Å². The van der Waals surface area contributed by atoms with Crippen LogP contribution in [0.5, 0.6) is 0 Å². The highest BCUT2D eigenvalue weighted by atomic mass is 127. The molecule has 29 heteroatoms. The fourth-order valence-electron chi connectivity index (χ4n) is 12.7. The highest BCUT2D eigenvalue weighted by Gasteiger charge is 2.29. The first-order valence-corrected chi connectivity index (χ1v) is 41.7. The lowest BCUT2D eigenvalue weighted by molar-refractivity contribution is 0.0480. The predicted octanol–water partition coefficient (Wildman–Crippen LogP) is 17.7. The lowest BCUT2D eigenvalue weighted by Crippen LogP contribution is -2.42. The number of imidazole rings is 3. The number of nitrogens with zero attached hydrogens (tertiary/aromatic N) is 11. The molecular formula is C76H95Cl3IN19O5Si. The number of nitrogens with two attached hydrogens (primary N) is 1. The van der Waals surface area contributed by atoms with Gasteiger partial charge < -0.3 is 46.5 Å². The third kappa shape index (κ3) is 21.9. The van der Waals surface area contributed by atoms with Gasteiger partial charge in [-0.15, -0.1) is 0 Å². The number of hydrogen-bond acceptors (Lipinski definition) is 17.